The number of para-hydroxylation sites is 1. The van der Waals surface area contributed by atoms with Gasteiger partial charge in [0.25, 0.3) is 11.5 Å². The van der Waals surface area contributed by atoms with Crippen molar-refractivity contribution >= 4 is 17.2 Å². The summed E-state index contributed by atoms with van der Waals surface area (Å²) in [4.78, 5) is 12.5. The highest BCUT2D eigenvalue weighted by molar-refractivity contribution is 6.52. The van der Waals surface area contributed by atoms with Gasteiger partial charge in [-0.2, -0.15) is 4.74 Å². The predicted octanol–water partition coefficient (Wildman–Crippen LogP) is 2.83. The van der Waals surface area contributed by atoms with Crippen molar-refractivity contribution in [2.24, 2.45) is 0 Å². The Bertz CT molecular complexity index is 747. The lowest BCUT2D eigenvalue weighted by atomic mass is 10.0. The Labute approximate surface area is 116 Å². The maximum absolute atomic E-state index is 12.5. The third-order valence-electron chi connectivity index (χ3n) is 3.40. The van der Waals surface area contributed by atoms with E-state index in [1.54, 1.807) is 36.4 Å². The standard InChI is InChI=1S/C16H13NO3/c1-10-7-8-13-12(9-10)16(18)15(17(13)19)11-5-3-4-6-14(11)20-2/h3-9H,1-2H3. The summed E-state index contributed by atoms with van der Waals surface area (Å²) in [5.41, 5.74) is 2.42. The molecule has 100 valence electrons. The average molecular weight is 267 g/mol. The molecule has 0 radical (unpaired) electrons. The summed E-state index contributed by atoms with van der Waals surface area (Å²) in [7, 11) is 1.52. The molecule has 0 unspecified atom stereocenters. The van der Waals surface area contributed by atoms with E-state index in [1.807, 2.05) is 13.0 Å². The molecule has 4 heteroatoms. The summed E-state index contributed by atoms with van der Waals surface area (Å²) >= 11 is 0. The molecular weight excluding hydrogens is 254 g/mol. The predicted molar refractivity (Wildman–Crippen MR) is 75.9 cm³/mol. The molecule has 4 nitrogen and oxygen atoms in total. The Morgan fingerprint density at radius 2 is 1.85 bits per heavy atom. The molecule has 0 bridgehead atoms. The SMILES string of the molecule is COc1ccccc1C1=[N+]([O-])c2ccc(C)cc2C1=O. The van der Waals surface area contributed by atoms with E-state index >= 15 is 0 Å². The second kappa shape index (κ2) is 4.49. The number of nitrogens with zero attached hydrogens (tertiary/aromatic N) is 1. The normalized spacial score (nSPS) is 13.6. The summed E-state index contributed by atoms with van der Waals surface area (Å²) in [6.07, 6.45) is 0. The van der Waals surface area contributed by atoms with Gasteiger partial charge in [0.05, 0.1) is 12.7 Å². The molecule has 2 aromatic carbocycles. The van der Waals surface area contributed by atoms with Crippen LogP contribution < -0.4 is 4.74 Å². The van der Waals surface area contributed by atoms with Crippen molar-refractivity contribution in [1.29, 1.82) is 0 Å². The minimum Gasteiger partial charge on any atom is -0.618 e. The Morgan fingerprint density at radius 3 is 2.60 bits per heavy atom. The first-order valence-corrected chi connectivity index (χ1v) is 6.26. The fourth-order valence-corrected chi connectivity index (χ4v) is 2.42. The topological polar surface area (TPSA) is 52.4 Å². The van der Waals surface area contributed by atoms with Crippen LogP contribution in [0, 0.1) is 12.1 Å². The average Bonchev–Trinajstić information content (AvgIpc) is 2.70. The number of rotatable bonds is 2. The van der Waals surface area contributed by atoms with Gasteiger partial charge in [-0.15, -0.1) is 0 Å². The van der Waals surface area contributed by atoms with Crippen LogP contribution in [0.5, 0.6) is 5.75 Å². The first-order chi connectivity index (χ1) is 9.63. The highest BCUT2D eigenvalue weighted by Crippen LogP contribution is 2.31. The van der Waals surface area contributed by atoms with Crippen LogP contribution in [0.3, 0.4) is 0 Å². The lowest BCUT2D eigenvalue weighted by Gasteiger charge is -2.06. The number of hydrogen-bond acceptors (Lipinski definition) is 3. The maximum Gasteiger partial charge on any atom is 0.276 e. The van der Waals surface area contributed by atoms with Gasteiger partial charge in [0.1, 0.15) is 11.3 Å². The zero-order chi connectivity index (χ0) is 14.3. The Hall–Kier alpha value is -2.62. The van der Waals surface area contributed by atoms with Crippen molar-refractivity contribution in [3.8, 4) is 5.75 Å². The van der Waals surface area contributed by atoms with Gasteiger partial charge >= 0.3 is 0 Å². The van der Waals surface area contributed by atoms with Gasteiger partial charge in [-0.3, -0.25) is 4.79 Å². The highest BCUT2D eigenvalue weighted by Gasteiger charge is 2.37. The largest absolute Gasteiger partial charge is 0.618 e. The summed E-state index contributed by atoms with van der Waals surface area (Å²) in [6, 6.07) is 12.3. The molecule has 0 spiro atoms. The number of benzene rings is 2. The molecule has 2 aromatic rings. The quantitative estimate of drug-likeness (QED) is 0.621. The van der Waals surface area contributed by atoms with Crippen molar-refractivity contribution in [3.63, 3.8) is 0 Å². The van der Waals surface area contributed by atoms with Gasteiger partial charge in [-0.05, 0) is 30.7 Å². The maximum atomic E-state index is 12.5. The number of fused-ring (bicyclic) bond motifs is 1. The van der Waals surface area contributed by atoms with Crippen molar-refractivity contribution < 1.29 is 14.3 Å². The van der Waals surface area contributed by atoms with Crippen LogP contribution in [0.15, 0.2) is 42.5 Å². The number of Topliss-reactive ketones (excluding diaryl/α,β-unsaturated/α-hetero) is 1. The van der Waals surface area contributed by atoms with Gasteiger partial charge in [0.2, 0.25) is 5.69 Å². The van der Waals surface area contributed by atoms with Crippen LogP contribution in [0.2, 0.25) is 0 Å². The van der Waals surface area contributed by atoms with Gasteiger partial charge < -0.3 is 9.94 Å². The number of hydrogen-bond donors (Lipinski definition) is 0. The Kier molecular flexibility index (Phi) is 2.79. The summed E-state index contributed by atoms with van der Waals surface area (Å²) < 4.78 is 5.93. The molecular formula is C16H13NO3. The molecule has 1 aliphatic rings. The molecule has 0 aliphatic carbocycles. The minimum atomic E-state index is -0.261. The number of methoxy groups -OCH3 is 1. The number of carbonyl (C=O) groups excluding carboxylic acids is 1. The van der Waals surface area contributed by atoms with Crippen molar-refractivity contribution in [1.82, 2.24) is 0 Å². The van der Waals surface area contributed by atoms with Crippen LogP contribution in [0.1, 0.15) is 21.5 Å². The van der Waals surface area contributed by atoms with E-state index in [2.05, 4.69) is 0 Å². The Morgan fingerprint density at radius 1 is 1.10 bits per heavy atom. The molecule has 0 amide bonds. The molecule has 0 aromatic heterocycles. The van der Waals surface area contributed by atoms with Crippen LogP contribution >= 0.6 is 0 Å². The number of ketones is 1. The molecule has 0 fully saturated rings. The Balaban J connectivity index is 2.22. The molecule has 0 N–H and O–H groups in total. The summed E-state index contributed by atoms with van der Waals surface area (Å²) in [5.74, 6) is 0.254. The first kappa shape index (κ1) is 12.4. The fourth-order valence-electron chi connectivity index (χ4n) is 2.42. The lowest BCUT2D eigenvalue weighted by molar-refractivity contribution is -0.355. The zero-order valence-corrected chi connectivity index (χ0v) is 11.2. The molecule has 3 rings (SSSR count). The molecule has 20 heavy (non-hydrogen) atoms. The van der Waals surface area contributed by atoms with Gasteiger partial charge in [0.15, 0.2) is 0 Å². The van der Waals surface area contributed by atoms with Crippen LogP contribution in [-0.4, -0.2) is 23.3 Å². The fraction of sp³-hybridized carbons (Fsp3) is 0.125. The van der Waals surface area contributed by atoms with E-state index in [4.69, 9.17) is 4.74 Å². The van der Waals surface area contributed by atoms with Crippen molar-refractivity contribution in [2.45, 2.75) is 6.92 Å². The molecule has 0 saturated carbocycles. The second-order valence-corrected chi connectivity index (χ2v) is 4.69. The van der Waals surface area contributed by atoms with Gasteiger partial charge in [-0.1, -0.05) is 18.2 Å². The van der Waals surface area contributed by atoms with Crippen molar-refractivity contribution in [2.75, 3.05) is 7.11 Å². The minimum absolute atomic E-state index is 0.114. The lowest BCUT2D eigenvalue weighted by Crippen LogP contribution is -2.17. The monoisotopic (exact) mass is 267 g/mol. The molecule has 0 saturated heterocycles. The third-order valence-corrected chi connectivity index (χ3v) is 3.40. The van der Waals surface area contributed by atoms with Crippen LogP contribution in [0.4, 0.5) is 5.69 Å². The smallest absolute Gasteiger partial charge is 0.276 e. The van der Waals surface area contributed by atoms with Gasteiger partial charge in [0, 0.05) is 6.07 Å². The summed E-state index contributed by atoms with van der Waals surface area (Å²) in [6.45, 7) is 1.89. The van der Waals surface area contributed by atoms with Crippen molar-refractivity contribution in [3.05, 3.63) is 64.4 Å². The van der Waals surface area contributed by atoms with E-state index in [1.165, 1.54) is 7.11 Å². The molecule has 1 aliphatic heterocycles. The number of carbonyl (C=O) groups is 1. The van der Waals surface area contributed by atoms with Crippen LogP contribution in [0.25, 0.3) is 0 Å². The number of ether oxygens (including phenoxy) is 1. The van der Waals surface area contributed by atoms with E-state index < -0.39 is 0 Å². The van der Waals surface area contributed by atoms with E-state index in [-0.39, 0.29) is 11.5 Å². The third kappa shape index (κ3) is 1.69. The molecule has 1 heterocycles. The zero-order valence-electron chi connectivity index (χ0n) is 11.2. The first-order valence-electron chi connectivity index (χ1n) is 6.26. The highest BCUT2D eigenvalue weighted by atomic mass is 16.5. The van der Waals surface area contributed by atoms with E-state index in [9.17, 15) is 10.0 Å². The van der Waals surface area contributed by atoms with E-state index in [0.717, 1.165) is 5.56 Å². The van der Waals surface area contributed by atoms with E-state index in [0.29, 0.717) is 27.3 Å². The number of aryl methyl sites for hydroxylation is 1. The molecule has 0 atom stereocenters. The summed E-state index contributed by atoms with van der Waals surface area (Å²) in [5, 5.41) is 12.4. The van der Waals surface area contributed by atoms with Gasteiger partial charge in [-0.25, -0.2) is 0 Å². The van der Waals surface area contributed by atoms with Crippen LogP contribution in [-0.2, 0) is 0 Å². The second-order valence-electron chi connectivity index (χ2n) is 4.69.